The summed E-state index contributed by atoms with van der Waals surface area (Å²) in [6.45, 7) is 14.1. The van der Waals surface area contributed by atoms with Gasteiger partial charge in [-0.25, -0.2) is 10.8 Å². The summed E-state index contributed by atoms with van der Waals surface area (Å²) in [5, 5.41) is 14.7. The second-order valence-electron chi connectivity index (χ2n) is 26.3. The van der Waals surface area contributed by atoms with Gasteiger partial charge in [0.15, 0.2) is 0 Å². The van der Waals surface area contributed by atoms with Crippen LogP contribution in [0.1, 0.15) is 170 Å². The molecule has 6 N–H and O–H groups in total. The zero-order chi connectivity index (χ0) is 57.5. The van der Waals surface area contributed by atoms with E-state index in [0.29, 0.717) is 48.6 Å². The molecule has 5 aromatic rings. The van der Waals surface area contributed by atoms with Gasteiger partial charge >= 0.3 is 0 Å². The van der Waals surface area contributed by atoms with Gasteiger partial charge in [-0.15, -0.1) is 11.3 Å². The molecule has 2 spiro atoms. The van der Waals surface area contributed by atoms with Crippen molar-refractivity contribution in [2.75, 3.05) is 45.8 Å². The molecule has 3 saturated carbocycles. The molecule has 82 heavy (non-hydrogen) atoms. The van der Waals surface area contributed by atoms with Crippen molar-refractivity contribution in [1.82, 2.24) is 39.6 Å². The highest BCUT2D eigenvalue weighted by Gasteiger charge is 2.47. The van der Waals surface area contributed by atoms with Crippen LogP contribution >= 0.6 is 27.3 Å². The molecule has 438 valence electrons. The molecule has 2 aromatic heterocycles. The number of thiazole rings is 1. The molecule has 3 unspecified atom stereocenters. The van der Waals surface area contributed by atoms with Crippen molar-refractivity contribution in [3.05, 3.63) is 121 Å². The number of hydrazine groups is 1. The number of amides is 3. The lowest BCUT2D eigenvalue weighted by Gasteiger charge is -2.47. The van der Waals surface area contributed by atoms with Gasteiger partial charge in [0.05, 0.1) is 56.7 Å². The van der Waals surface area contributed by atoms with Gasteiger partial charge in [0.25, 0.3) is 5.56 Å². The number of nitrogens with zero attached hydrogens (tertiary/aromatic N) is 7. The number of carbonyl (C=O) groups is 3. The zero-order valence-corrected chi connectivity index (χ0v) is 51.0. The van der Waals surface area contributed by atoms with Crippen LogP contribution in [0.5, 0.6) is 0 Å². The first-order valence-corrected chi connectivity index (χ1v) is 32.2. The topological polar surface area (TPSA) is 196 Å². The second kappa shape index (κ2) is 24.3. The molecule has 12 rings (SSSR count). The normalized spacial score (nSPS) is 21.9. The molecule has 0 radical (unpaired) electrons. The molecule has 15 nitrogen and oxygen atoms in total. The highest BCUT2D eigenvalue weighted by molar-refractivity contribution is 9.10. The number of aliphatic hydroxyl groups is 1. The maximum Gasteiger partial charge on any atom is 0.281 e. The van der Waals surface area contributed by atoms with E-state index in [2.05, 4.69) is 72.1 Å². The van der Waals surface area contributed by atoms with Crippen LogP contribution in [0.3, 0.4) is 0 Å². The number of piperidine rings is 2. The monoisotopic (exact) mass is 1200 g/mol. The van der Waals surface area contributed by atoms with Crippen LogP contribution < -0.4 is 22.5 Å². The summed E-state index contributed by atoms with van der Waals surface area (Å²) in [6.07, 6.45) is 20.4. The molecule has 6 fully saturated rings. The second-order valence-corrected chi connectivity index (χ2v) is 28.0. The average Bonchev–Trinajstić information content (AvgIpc) is 3.17. The lowest BCUT2D eigenvalue weighted by atomic mass is 9.65. The fraction of sp³-hybridized carbons (Fsp3) is 0.569. The van der Waals surface area contributed by atoms with Gasteiger partial charge in [-0.05, 0) is 183 Å². The van der Waals surface area contributed by atoms with Crippen molar-refractivity contribution >= 4 is 56.4 Å². The number of carbonyl (C=O) groups excluding carboxylic acids is 3. The minimum absolute atomic E-state index is 0.0404. The van der Waals surface area contributed by atoms with Crippen LogP contribution in [0.2, 0.25) is 0 Å². The molecular formula is C65H85BrN10O5S. The van der Waals surface area contributed by atoms with Gasteiger partial charge in [0.2, 0.25) is 18.2 Å². The first-order valence-electron chi connectivity index (χ1n) is 30.5. The predicted molar refractivity (Wildman–Crippen MR) is 328 cm³/mol. The Morgan fingerprint density at radius 3 is 2.26 bits per heavy atom. The largest absolute Gasteiger partial charge is 0.401 e. The molecule has 17 heteroatoms. The number of aromatic nitrogens is 3. The van der Waals surface area contributed by atoms with E-state index in [1.54, 1.807) is 22.4 Å². The zero-order valence-electron chi connectivity index (χ0n) is 48.6. The van der Waals surface area contributed by atoms with Crippen LogP contribution in [-0.2, 0) is 19.8 Å². The molecule has 3 aromatic carbocycles. The summed E-state index contributed by atoms with van der Waals surface area (Å²) in [7, 11) is 0. The number of halogens is 1. The van der Waals surface area contributed by atoms with Crippen LogP contribution in [0.4, 0.5) is 0 Å². The molecule has 0 bridgehead atoms. The van der Waals surface area contributed by atoms with Crippen LogP contribution in [0, 0.1) is 29.6 Å². The van der Waals surface area contributed by atoms with Gasteiger partial charge < -0.3 is 35.9 Å². The van der Waals surface area contributed by atoms with Crippen LogP contribution in [0.15, 0.2) is 87.3 Å². The molecular weight excluding hydrogens is 1110 g/mol. The molecule has 3 aliphatic carbocycles. The molecule has 7 aliphatic rings. The Morgan fingerprint density at radius 1 is 0.902 bits per heavy atom. The Hall–Kier alpha value is -5.46. The van der Waals surface area contributed by atoms with E-state index in [9.17, 15) is 24.3 Å². The summed E-state index contributed by atoms with van der Waals surface area (Å²) in [6, 6.07) is 20.7. The Labute approximate surface area is 496 Å². The summed E-state index contributed by atoms with van der Waals surface area (Å²) < 4.78 is 3.16. The highest BCUT2D eigenvalue weighted by Crippen LogP contribution is 2.53. The summed E-state index contributed by atoms with van der Waals surface area (Å²) in [4.78, 5) is 68.3. The summed E-state index contributed by atoms with van der Waals surface area (Å²) in [5.41, 5.74) is 16.4. The number of hydrogen-bond acceptors (Lipinski definition) is 12. The number of nitrogens with one attached hydrogen (secondary N) is 1. The Bertz CT molecular complexity index is 3210. The minimum atomic E-state index is -0.486. The van der Waals surface area contributed by atoms with E-state index < -0.39 is 12.1 Å². The third-order valence-electron chi connectivity index (χ3n) is 19.8. The Balaban J connectivity index is 0.000000283. The van der Waals surface area contributed by atoms with E-state index in [4.69, 9.17) is 16.6 Å². The Morgan fingerprint density at radius 2 is 1.62 bits per heavy atom. The molecule has 3 amide bonds. The van der Waals surface area contributed by atoms with E-state index in [1.807, 2.05) is 62.4 Å². The van der Waals surface area contributed by atoms with Crippen molar-refractivity contribution in [1.29, 1.82) is 0 Å². The number of hydrogen-bond donors (Lipinski definition) is 4. The smallest absolute Gasteiger partial charge is 0.281 e. The highest BCUT2D eigenvalue weighted by atomic mass is 79.9. The maximum absolute atomic E-state index is 13.6. The number of likely N-dealkylation sites (tertiary alicyclic amines) is 3. The van der Waals surface area contributed by atoms with Gasteiger partial charge in [-0.3, -0.25) is 23.7 Å². The third-order valence-corrected chi connectivity index (χ3v) is 21.5. The Kier molecular flexibility index (Phi) is 17.3. The minimum Gasteiger partial charge on any atom is -0.401 e. The molecule has 4 aliphatic heterocycles. The van der Waals surface area contributed by atoms with Crippen molar-refractivity contribution in [3.8, 4) is 16.1 Å². The number of aryl methyl sites for hydroxylation is 1. The van der Waals surface area contributed by atoms with Crippen LogP contribution in [-0.4, -0.2) is 116 Å². The van der Waals surface area contributed by atoms with Crippen molar-refractivity contribution in [2.45, 2.75) is 166 Å². The fourth-order valence-electron chi connectivity index (χ4n) is 14.9. The quantitative estimate of drug-likeness (QED) is 0.0497. The van der Waals surface area contributed by atoms with Crippen molar-refractivity contribution in [3.63, 3.8) is 0 Å². The number of rotatable bonds is 13. The number of aliphatic hydroxyl groups excluding tert-OH is 1. The van der Waals surface area contributed by atoms with Crippen molar-refractivity contribution < 1.29 is 19.5 Å². The average molecular weight is 1200 g/mol. The maximum atomic E-state index is 13.6. The van der Waals surface area contributed by atoms with E-state index in [0.717, 1.165) is 114 Å². The number of benzene rings is 3. The van der Waals surface area contributed by atoms with Gasteiger partial charge in [0, 0.05) is 55.0 Å². The van der Waals surface area contributed by atoms with E-state index >= 15 is 0 Å². The number of nitrogens with two attached hydrogens (primary N) is 2. The lowest BCUT2D eigenvalue weighted by Crippen LogP contribution is -2.55. The molecule has 6 heterocycles. The van der Waals surface area contributed by atoms with Gasteiger partial charge in [0.1, 0.15) is 11.9 Å². The summed E-state index contributed by atoms with van der Waals surface area (Å²) in [5.74, 6) is 8.87. The van der Waals surface area contributed by atoms with Crippen LogP contribution in [0.25, 0.3) is 27.0 Å². The standard InChI is InChI=1S/C50H57BrN6O3S.C15H28N4O2/c1-33-46(61-32-53-33)37-10-8-36(9-11-37)41(52-31-58)29-44(59)56-26-22-49(23-27-56)20-14-34(15-21-49)30-55-24-16-35(17-25-55)38-12-13-39-43(28-38)57-42-7-5-6-40(51)45(42)47(60)54-48(57)50(39)18-3-2-4-19-50;1-15(2,3)13(14(21)18-7-6-11(20)8-18)19(17)9-12(16)10-4-5-10/h5-13,28,31-32,34-35,41H,2-4,14-27,29-30H2,1H3,(H,52,58);9-11,13,20H,4-8,16-17H2,1-3H3/b;12-9-. The van der Waals surface area contributed by atoms with E-state index in [1.165, 1.54) is 86.2 Å². The first kappa shape index (κ1) is 58.3. The van der Waals surface area contributed by atoms with Gasteiger partial charge in [-0.2, -0.15) is 4.98 Å². The molecule has 3 atom stereocenters. The number of fused-ring (bicyclic) bond motifs is 7. The van der Waals surface area contributed by atoms with E-state index in [-0.39, 0.29) is 40.7 Å². The third kappa shape index (κ3) is 12.1. The predicted octanol–water partition coefficient (Wildman–Crippen LogP) is 10.4. The van der Waals surface area contributed by atoms with Crippen molar-refractivity contribution in [2.24, 2.45) is 34.2 Å². The number of allylic oxidation sites excluding steroid dienone is 1. The first-order chi connectivity index (χ1) is 39.4. The summed E-state index contributed by atoms with van der Waals surface area (Å²) >= 11 is 5.29. The SMILES string of the molecule is CC(C)(C)C(C(=O)N1CCC(O)C1)N(N)/C=C(\N)C1CC1.Cc1ncsc1-c1ccc(C(CC(=O)N2CCC3(CCC(CN4CCC(c5ccc6c(c5)-n5c(nc(=O)c7c(Br)cccc75)C65CCCCC5)CC4)CC3)CC2)NC=O)cc1. The lowest BCUT2D eigenvalue weighted by molar-refractivity contribution is -0.139. The molecule has 3 saturated heterocycles. The number of β-amino-alcohol motifs (C(OH)–C–C–N with tert-alkyl or cyclic N) is 1. The van der Waals surface area contributed by atoms with Gasteiger partial charge in [-0.1, -0.05) is 82.5 Å². The fourth-order valence-corrected chi connectivity index (χ4v) is 16.2.